The van der Waals surface area contributed by atoms with Crippen LogP contribution < -0.4 is 5.73 Å². The first-order valence-electron chi connectivity index (χ1n) is 5.14. The van der Waals surface area contributed by atoms with Crippen molar-refractivity contribution in [2.24, 2.45) is 23.5 Å². The van der Waals surface area contributed by atoms with Gasteiger partial charge in [0.05, 0.1) is 6.42 Å². The van der Waals surface area contributed by atoms with Crippen molar-refractivity contribution in [1.82, 2.24) is 0 Å². The molecule has 0 amide bonds. The molecule has 2 bridgehead atoms. The highest BCUT2D eigenvalue weighted by molar-refractivity contribution is 5.67. The van der Waals surface area contributed by atoms with E-state index in [0.29, 0.717) is 5.92 Å². The van der Waals surface area contributed by atoms with E-state index in [1.165, 1.54) is 25.7 Å². The number of carboxylic acid groups (broad SMARTS) is 1. The average molecular weight is 183 g/mol. The molecule has 4 atom stereocenters. The van der Waals surface area contributed by atoms with Crippen molar-refractivity contribution in [3.63, 3.8) is 0 Å². The molecule has 3 heteroatoms. The molecule has 0 aromatic heterocycles. The molecule has 74 valence electrons. The minimum Gasteiger partial charge on any atom is -0.481 e. The van der Waals surface area contributed by atoms with Gasteiger partial charge in [-0.2, -0.15) is 0 Å². The fraction of sp³-hybridized carbons (Fsp3) is 0.900. The maximum absolute atomic E-state index is 10.5. The van der Waals surface area contributed by atoms with Crippen LogP contribution in [0.4, 0.5) is 0 Å². The average Bonchev–Trinajstić information content (AvgIpc) is 2.62. The van der Waals surface area contributed by atoms with E-state index in [-0.39, 0.29) is 12.5 Å². The summed E-state index contributed by atoms with van der Waals surface area (Å²) in [6.45, 7) is 0. The predicted octanol–water partition coefficient (Wildman–Crippen LogP) is 1.22. The Bertz CT molecular complexity index is 217. The van der Waals surface area contributed by atoms with Crippen molar-refractivity contribution in [2.75, 3.05) is 0 Å². The smallest absolute Gasteiger partial charge is 0.304 e. The van der Waals surface area contributed by atoms with E-state index in [1.54, 1.807) is 0 Å². The standard InChI is InChI=1S/C10H17NO2/c11-9(5-10(12)13)8-4-6-1-2-7(8)3-6/h6-9H,1-5,11H2,(H,12,13). The number of rotatable bonds is 3. The third kappa shape index (κ3) is 1.70. The topological polar surface area (TPSA) is 63.3 Å². The number of aliphatic carboxylic acids is 1. The van der Waals surface area contributed by atoms with Gasteiger partial charge in [-0.15, -0.1) is 0 Å². The van der Waals surface area contributed by atoms with Gasteiger partial charge in [0, 0.05) is 6.04 Å². The molecule has 0 saturated heterocycles. The number of hydrogen-bond donors (Lipinski definition) is 2. The van der Waals surface area contributed by atoms with E-state index in [0.717, 1.165) is 11.8 Å². The number of hydrogen-bond acceptors (Lipinski definition) is 2. The summed E-state index contributed by atoms with van der Waals surface area (Å²) < 4.78 is 0. The van der Waals surface area contributed by atoms with Crippen molar-refractivity contribution in [3.8, 4) is 0 Å². The summed E-state index contributed by atoms with van der Waals surface area (Å²) >= 11 is 0. The van der Waals surface area contributed by atoms with Gasteiger partial charge in [-0.05, 0) is 37.0 Å². The minimum absolute atomic E-state index is 0.104. The van der Waals surface area contributed by atoms with E-state index >= 15 is 0 Å². The summed E-state index contributed by atoms with van der Waals surface area (Å²) in [5.74, 6) is 1.33. The molecule has 0 aromatic carbocycles. The Balaban J connectivity index is 1.91. The Kier molecular flexibility index (Phi) is 2.28. The second-order valence-electron chi connectivity index (χ2n) is 4.60. The Morgan fingerprint density at radius 2 is 2.23 bits per heavy atom. The molecule has 2 aliphatic carbocycles. The third-order valence-corrected chi connectivity index (χ3v) is 3.75. The Labute approximate surface area is 78.3 Å². The highest BCUT2D eigenvalue weighted by Crippen LogP contribution is 2.49. The van der Waals surface area contributed by atoms with Gasteiger partial charge in [0.15, 0.2) is 0 Å². The lowest BCUT2D eigenvalue weighted by molar-refractivity contribution is -0.137. The molecule has 3 nitrogen and oxygen atoms in total. The molecule has 3 N–H and O–H groups in total. The monoisotopic (exact) mass is 183 g/mol. The fourth-order valence-electron chi connectivity index (χ4n) is 3.17. The molecule has 0 aromatic rings. The summed E-state index contributed by atoms with van der Waals surface area (Å²) in [4.78, 5) is 10.5. The fourth-order valence-corrected chi connectivity index (χ4v) is 3.17. The van der Waals surface area contributed by atoms with Crippen LogP contribution in [-0.4, -0.2) is 17.1 Å². The van der Waals surface area contributed by atoms with Gasteiger partial charge >= 0.3 is 5.97 Å². The van der Waals surface area contributed by atoms with Gasteiger partial charge in [-0.3, -0.25) is 4.79 Å². The molecule has 2 fully saturated rings. The predicted molar refractivity (Wildman–Crippen MR) is 49.2 cm³/mol. The zero-order chi connectivity index (χ0) is 9.42. The highest BCUT2D eigenvalue weighted by atomic mass is 16.4. The van der Waals surface area contributed by atoms with Crippen molar-refractivity contribution in [1.29, 1.82) is 0 Å². The van der Waals surface area contributed by atoms with Crippen molar-refractivity contribution < 1.29 is 9.90 Å². The molecule has 4 unspecified atom stereocenters. The normalized spacial score (nSPS) is 39.3. The van der Waals surface area contributed by atoms with Crippen LogP contribution in [0.15, 0.2) is 0 Å². The van der Waals surface area contributed by atoms with Crippen LogP contribution in [0.2, 0.25) is 0 Å². The minimum atomic E-state index is -0.754. The Morgan fingerprint density at radius 3 is 2.69 bits per heavy atom. The van der Waals surface area contributed by atoms with Crippen LogP contribution >= 0.6 is 0 Å². The maximum atomic E-state index is 10.5. The van der Waals surface area contributed by atoms with E-state index in [1.807, 2.05) is 0 Å². The van der Waals surface area contributed by atoms with E-state index in [2.05, 4.69) is 0 Å². The molecule has 2 aliphatic rings. The largest absolute Gasteiger partial charge is 0.481 e. The molecule has 0 spiro atoms. The summed E-state index contributed by atoms with van der Waals surface area (Å²) in [6, 6.07) is -0.104. The summed E-state index contributed by atoms with van der Waals surface area (Å²) in [6.07, 6.45) is 5.26. The second kappa shape index (κ2) is 3.29. The van der Waals surface area contributed by atoms with Gasteiger partial charge < -0.3 is 10.8 Å². The summed E-state index contributed by atoms with van der Waals surface area (Å²) in [7, 11) is 0. The van der Waals surface area contributed by atoms with Crippen LogP contribution in [0.5, 0.6) is 0 Å². The first kappa shape index (κ1) is 9.00. The van der Waals surface area contributed by atoms with Gasteiger partial charge in [-0.1, -0.05) is 6.42 Å². The third-order valence-electron chi connectivity index (χ3n) is 3.75. The molecule has 0 aliphatic heterocycles. The number of nitrogens with two attached hydrogens (primary N) is 1. The maximum Gasteiger partial charge on any atom is 0.304 e. The Hall–Kier alpha value is -0.570. The lowest BCUT2D eigenvalue weighted by atomic mass is 9.82. The SMILES string of the molecule is NC(CC(=O)O)C1CC2CCC1C2. The summed E-state index contributed by atoms with van der Waals surface area (Å²) in [5.41, 5.74) is 5.89. The van der Waals surface area contributed by atoms with E-state index < -0.39 is 5.97 Å². The lowest BCUT2D eigenvalue weighted by Gasteiger charge is -2.26. The zero-order valence-corrected chi connectivity index (χ0v) is 7.78. The molecule has 0 heterocycles. The molecule has 13 heavy (non-hydrogen) atoms. The number of fused-ring (bicyclic) bond motifs is 2. The van der Waals surface area contributed by atoms with Gasteiger partial charge in [0.25, 0.3) is 0 Å². The highest BCUT2D eigenvalue weighted by Gasteiger charge is 2.42. The number of carbonyl (C=O) groups is 1. The first-order chi connectivity index (χ1) is 6.16. The zero-order valence-electron chi connectivity index (χ0n) is 7.78. The van der Waals surface area contributed by atoms with Crippen LogP contribution in [0.3, 0.4) is 0 Å². The molecular weight excluding hydrogens is 166 g/mol. The molecule has 0 radical (unpaired) electrons. The molecule has 2 rings (SSSR count). The van der Waals surface area contributed by atoms with Gasteiger partial charge in [0.2, 0.25) is 0 Å². The molecule has 2 saturated carbocycles. The van der Waals surface area contributed by atoms with E-state index in [9.17, 15) is 4.79 Å². The summed E-state index contributed by atoms with van der Waals surface area (Å²) in [5, 5.41) is 8.63. The van der Waals surface area contributed by atoms with Crippen LogP contribution in [-0.2, 0) is 4.79 Å². The van der Waals surface area contributed by atoms with Crippen LogP contribution in [0.25, 0.3) is 0 Å². The van der Waals surface area contributed by atoms with E-state index in [4.69, 9.17) is 10.8 Å². The van der Waals surface area contributed by atoms with Crippen LogP contribution in [0, 0.1) is 17.8 Å². The lowest BCUT2D eigenvalue weighted by Crippen LogP contribution is -2.35. The quantitative estimate of drug-likeness (QED) is 0.691. The second-order valence-corrected chi connectivity index (χ2v) is 4.60. The van der Waals surface area contributed by atoms with Crippen LogP contribution in [0.1, 0.15) is 32.1 Å². The van der Waals surface area contributed by atoms with Crippen molar-refractivity contribution in [2.45, 2.75) is 38.1 Å². The van der Waals surface area contributed by atoms with Crippen molar-refractivity contribution >= 4 is 5.97 Å². The van der Waals surface area contributed by atoms with Crippen molar-refractivity contribution in [3.05, 3.63) is 0 Å². The number of carboxylic acids is 1. The van der Waals surface area contributed by atoms with Gasteiger partial charge in [0.1, 0.15) is 0 Å². The van der Waals surface area contributed by atoms with Gasteiger partial charge in [-0.25, -0.2) is 0 Å². The Morgan fingerprint density at radius 1 is 1.46 bits per heavy atom. The first-order valence-corrected chi connectivity index (χ1v) is 5.14. The molecular formula is C10H17NO2.